The third-order valence-corrected chi connectivity index (χ3v) is 6.20. The molecular weight excluding hydrogens is 440 g/mol. The van der Waals surface area contributed by atoms with Crippen molar-refractivity contribution < 1.29 is 9.47 Å². The van der Waals surface area contributed by atoms with E-state index in [9.17, 15) is 0 Å². The number of aryl methyl sites for hydroxylation is 2. The Bertz CT molecular complexity index is 1270. The maximum atomic E-state index is 6.07. The Kier molecular flexibility index (Phi) is 7.14. The first-order valence-electron chi connectivity index (χ1n) is 12.3. The highest BCUT2D eigenvalue weighted by atomic mass is 16.5. The van der Waals surface area contributed by atoms with Crippen LogP contribution in [0.5, 0.6) is 23.0 Å². The van der Waals surface area contributed by atoms with Crippen LogP contribution in [0.4, 0.5) is 0 Å². The highest BCUT2D eigenvalue weighted by Crippen LogP contribution is 2.25. The molecule has 0 amide bonds. The van der Waals surface area contributed by atoms with E-state index in [1.54, 1.807) is 0 Å². The zero-order chi connectivity index (χ0) is 24.7. The second kappa shape index (κ2) is 11.0. The van der Waals surface area contributed by atoms with Crippen molar-refractivity contribution in [1.29, 1.82) is 0 Å². The lowest BCUT2D eigenvalue weighted by molar-refractivity contribution is 0.482. The summed E-state index contributed by atoms with van der Waals surface area (Å²) in [5.74, 6) is 3.38. The van der Waals surface area contributed by atoms with Gasteiger partial charge in [0.1, 0.15) is 23.0 Å². The molecule has 0 N–H and O–H groups in total. The quantitative estimate of drug-likeness (QED) is 0.225. The Morgan fingerprint density at radius 2 is 0.556 bits per heavy atom. The van der Waals surface area contributed by atoms with Crippen LogP contribution in [0.15, 0.2) is 121 Å². The summed E-state index contributed by atoms with van der Waals surface area (Å²) in [5.41, 5.74) is 7.58. The van der Waals surface area contributed by atoms with Crippen molar-refractivity contribution in [2.75, 3.05) is 0 Å². The summed E-state index contributed by atoms with van der Waals surface area (Å²) in [5, 5.41) is 0. The number of hydrogen-bond donors (Lipinski definition) is 0. The monoisotopic (exact) mass is 470 g/mol. The molecule has 2 heteroatoms. The van der Waals surface area contributed by atoms with Crippen molar-refractivity contribution in [2.24, 2.45) is 0 Å². The number of benzene rings is 5. The molecule has 36 heavy (non-hydrogen) atoms. The Hall–Kier alpha value is -4.30. The molecular formula is C34H30O2. The largest absolute Gasteiger partial charge is 0.457 e. The minimum absolute atomic E-state index is 0.840. The standard InChI is InChI=1S/C34H30O2/c1-25-3-7-27(8-4-25)23-28-9-19-33(20-10-28)36-34-21-13-30(14-22-34)24-29-11-17-32(18-12-29)35-31-15-5-26(2)6-16-31/h3-22H,23-24H2,1-2H3. The summed E-state index contributed by atoms with van der Waals surface area (Å²) in [6.07, 6.45) is 1.78. The highest BCUT2D eigenvalue weighted by Gasteiger charge is 2.03. The molecule has 178 valence electrons. The summed E-state index contributed by atoms with van der Waals surface area (Å²) >= 11 is 0. The molecule has 5 aromatic rings. The van der Waals surface area contributed by atoms with Crippen LogP contribution in [0.2, 0.25) is 0 Å². The fraction of sp³-hybridized carbons (Fsp3) is 0.118. The number of ether oxygens (including phenoxy) is 2. The molecule has 0 fully saturated rings. The summed E-state index contributed by atoms with van der Waals surface area (Å²) in [6.45, 7) is 4.19. The fourth-order valence-corrected chi connectivity index (χ4v) is 4.08. The van der Waals surface area contributed by atoms with Gasteiger partial charge in [0.25, 0.3) is 0 Å². The molecule has 0 bridgehead atoms. The van der Waals surface area contributed by atoms with Crippen LogP contribution in [-0.4, -0.2) is 0 Å². The first-order valence-corrected chi connectivity index (χ1v) is 12.3. The van der Waals surface area contributed by atoms with Crippen molar-refractivity contribution >= 4 is 0 Å². The summed E-state index contributed by atoms with van der Waals surface area (Å²) in [6, 6.07) is 41.7. The Morgan fingerprint density at radius 3 is 0.861 bits per heavy atom. The van der Waals surface area contributed by atoms with E-state index >= 15 is 0 Å². The van der Waals surface area contributed by atoms with Gasteiger partial charge in [0.15, 0.2) is 0 Å². The molecule has 5 aromatic carbocycles. The highest BCUT2D eigenvalue weighted by molar-refractivity contribution is 5.39. The van der Waals surface area contributed by atoms with Crippen molar-refractivity contribution in [3.63, 3.8) is 0 Å². The van der Waals surface area contributed by atoms with Gasteiger partial charge in [0, 0.05) is 0 Å². The van der Waals surface area contributed by atoms with Crippen LogP contribution in [-0.2, 0) is 12.8 Å². The molecule has 0 radical (unpaired) electrons. The molecule has 5 rings (SSSR count). The predicted molar refractivity (Wildman–Crippen MR) is 147 cm³/mol. The van der Waals surface area contributed by atoms with Crippen LogP contribution >= 0.6 is 0 Å². The molecule has 0 heterocycles. The summed E-state index contributed by atoms with van der Waals surface area (Å²) in [7, 11) is 0. The van der Waals surface area contributed by atoms with Crippen LogP contribution in [0.1, 0.15) is 33.4 Å². The van der Waals surface area contributed by atoms with Gasteiger partial charge in [0.05, 0.1) is 0 Å². The third kappa shape index (κ3) is 6.43. The second-order valence-electron chi connectivity index (χ2n) is 9.29. The maximum absolute atomic E-state index is 6.07. The van der Waals surface area contributed by atoms with Gasteiger partial charge >= 0.3 is 0 Å². The van der Waals surface area contributed by atoms with E-state index in [-0.39, 0.29) is 0 Å². The minimum atomic E-state index is 0.840. The zero-order valence-corrected chi connectivity index (χ0v) is 20.8. The topological polar surface area (TPSA) is 18.5 Å². The molecule has 0 aliphatic rings. The Morgan fingerprint density at radius 1 is 0.333 bits per heavy atom. The van der Waals surface area contributed by atoms with Crippen molar-refractivity contribution in [1.82, 2.24) is 0 Å². The van der Waals surface area contributed by atoms with Gasteiger partial charge in [0.2, 0.25) is 0 Å². The van der Waals surface area contributed by atoms with E-state index in [0.717, 1.165) is 35.8 Å². The van der Waals surface area contributed by atoms with Gasteiger partial charge in [-0.15, -0.1) is 0 Å². The maximum Gasteiger partial charge on any atom is 0.127 e. The molecule has 0 aromatic heterocycles. The fourth-order valence-electron chi connectivity index (χ4n) is 4.08. The third-order valence-electron chi connectivity index (χ3n) is 6.20. The Labute approximate surface area is 213 Å². The van der Waals surface area contributed by atoms with Crippen molar-refractivity contribution in [2.45, 2.75) is 26.7 Å². The number of hydrogen-bond acceptors (Lipinski definition) is 2. The molecule has 0 saturated heterocycles. The smallest absolute Gasteiger partial charge is 0.127 e. The lowest BCUT2D eigenvalue weighted by Crippen LogP contribution is -1.91. The molecule has 0 unspecified atom stereocenters. The minimum Gasteiger partial charge on any atom is -0.457 e. The van der Waals surface area contributed by atoms with Gasteiger partial charge in [-0.25, -0.2) is 0 Å². The van der Waals surface area contributed by atoms with Gasteiger partial charge in [-0.2, -0.15) is 0 Å². The average Bonchev–Trinajstić information content (AvgIpc) is 2.90. The van der Waals surface area contributed by atoms with Crippen LogP contribution in [0.25, 0.3) is 0 Å². The Balaban J connectivity index is 1.14. The van der Waals surface area contributed by atoms with Gasteiger partial charge < -0.3 is 9.47 Å². The van der Waals surface area contributed by atoms with E-state index in [0.29, 0.717) is 0 Å². The summed E-state index contributed by atoms with van der Waals surface area (Å²) in [4.78, 5) is 0. The van der Waals surface area contributed by atoms with E-state index in [4.69, 9.17) is 9.47 Å². The zero-order valence-electron chi connectivity index (χ0n) is 20.8. The lowest BCUT2D eigenvalue weighted by Gasteiger charge is -2.09. The molecule has 0 aliphatic heterocycles. The number of rotatable bonds is 8. The van der Waals surface area contributed by atoms with Crippen LogP contribution in [0, 0.1) is 13.8 Å². The molecule has 0 atom stereocenters. The first-order chi connectivity index (χ1) is 17.6. The predicted octanol–water partition coefficient (Wildman–Crippen LogP) is 9.07. The normalized spacial score (nSPS) is 10.7. The second-order valence-corrected chi connectivity index (χ2v) is 9.29. The SMILES string of the molecule is Cc1ccc(Cc2ccc(Oc3ccc(Cc4ccc(Oc5ccc(C)cc5)cc4)cc3)cc2)cc1. The molecule has 0 aliphatic carbocycles. The van der Waals surface area contributed by atoms with E-state index in [1.165, 1.54) is 33.4 Å². The van der Waals surface area contributed by atoms with Gasteiger partial charge in [-0.1, -0.05) is 83.9 Å². The lowest BCUT2D eigenvalue weighted by atomic mass is 10.0. The van der Waals surface area contributed by atoms with Crippen LogP contribution < -0.4 is 9.47 Å². The first kappa shape index (κ1) is 23.4. The summed E-state index contributed by atoms with van der Waals surface area (Å²) < 4.78 is 12.0. The molecule has 2 nitrogen and oxygen atoms in total. The van der Waals surface area contributed by atoms with Crippen molar-refractivity contribution in [3.8, 4) is 23.0 Å². The van der Waals surface area contributed by atoms with E-state index in [1.807, 2.05) is 48.5 Å². The van der Waals surface area contributed by atoms with Gasteiger partial charge in [-0.05, 0) is 97.5 Å². The van der Waals surface area contributed by atoms with E-state index in [2.05, 4.69) is 86.6 Å². The molecule has 0 spiro atoms. The average molecular weight is 471 g/mol. The van der Waals surface area contributed by atoms with Gasteiger partial charge in [-0.3, -0.25) is 0 Å². The van der Waals surface area contributed by atoms with E-state index < -0.39 is 0 Å². The molecule has 0 saturated carbocycles. The van der Waals surface area contributed by atoms with Crippen molar-refractivity contribution in [3.05, 3.63) is 155 Å². The van der Waals surface area contributed by atoms with Crippen LogP contribution in [0.3, 0.4) is 0 Å².